The Morgan fingerprint density at radius 2 is 1.85 bits per heavy atom. The molecule has 1 aliphatic rings. The van der Waals surface area contributed by atoms with Gasteiger partial charge in [0.1, 0.15) is 15.8 Å². The first-order valence-electron chi connectivity index (χ1n) is 9.82. The highest BCUT2D eigenvalue weighted by Gasteiger charge is 2.32. The van der Waals surface area contributed by atoms with E-state index in [-0.39, 0.29) is 36.3 Å². The number of para-hydroxylation sites is 1. The zero-order chi connectivity index (χ0) is 24.7. The quantitative estimate of drug-likeness (QED) is 0.299. The molecule has 0 saturated carbocycles. The van der Waals surface area contributed by atoms with Crippen molar-refractivity contribution in [2.24, 2.45) is 0 Å². The van der Waals surface area contributed by atoms with E-state index in [1.54, 1.807) is 25.3 Å². The van der Waals surface area contributed by atoms with Gasteiger partial charge >= 0.3 is 0 Å². The maximum absolute atomic E-state index is 12.7. The summed E-state index contributed by atoms with van der Waals surface area (Å²) in [6.07, 6.45) is 1.63. The maximum atomic E-state index is 12.7. The molecule has 8 nitrogen and oxygen atoms in total. The van der Waals surface area contributed by atoms with Gasteiger partial charge in [0.05, 0.1) is 17.0 Å². The monoisotopic (exact) mass is 539 g/mol. The standard InChI is InChI=1S/C22H19Cl2N3O5S2/c1-31-16-5-3-2-4-13(16)10-18-21(30)27(22(33)34-18)9-8-19(28)25-26-20(29)12-32-17-7-6-14(23)11-15(17)24/h2-7,10-11H,8-9,12H2,1H3,(H,25,28)(H,26,29)/b18-10-. The second kappa shape index (κ2) is 12.1. The molecule has 0 aliphatic carbocycles. The predicted molar refractivity (Wildman–Crippen MR) is 136 cm³/mol. The average Bonchev–Trinajstić information content (AvgIpc) is 3.08. The van der Waals surface area contributed by atoms with Gasteiger partial charge in [-0.05, 0) is 30.3 Å². The fourth-order valence-corrected chi connectivity index (χ4v) is 4.57. The number of nitrogens with one attached hydrogen (secondary N) is 2. The Labute approximate surface area is 215 Å². The lowest BCUT2D eigenvalue weighted by molar-refractivity contribution is -0.130. The van der Waals surface area contributed by atoms with Crippen LogP contribution in [0.1, 0.15) is 12.0 Å². The molecule has 2 aromatic carbocycles. The fraction of sp³-hybridized carbons (Fsp3) is 0.182. The number of benzene rings is 2. The first-order chi connectivity index (χ1) is 16.3. The van der Waals surface area contributed by atoms with Crippen molar-refractivity contribution in [2.75, 3.05) is 20.3 Å². The van der Waals surface area contributed by atoms with Crippen molar-refractivity contribution in [1.82, 2.24) is 15.8 Å². The molecular weight excluding hydrogens is 521 g/mol. The summed E-state index contributed by atoms with van der Waals surface area (Å²) in [6, 6.07) is 11.9. The van der Waals surface area contributed by atoms with Crippen molar-refractivity contribution in [1.29, 1.82) is 0 Å². The van der Waals surface area contributed by atoms with Gasteiger partial charge < -0.3 is 9.47 Å². The summed E-state index contributed by atoms with van der Waals surface area (Å²) >= 11 is 18.2. The Bertz CT molecular complexity index is 1160. The Kier molecular flexibility index (Phi) is 9.17. The number of hydrogen-bond donors (Lipinski definition) is 2. The molecule has 3 amide bonds. The smallest absolute Gasteiger partial charge is 0.276 e. The third-order valence-electron chi connectivity index (χ3n) is 4.46. The van der Waals surface area contributed by atoms with E-state index in [0.717, 1.165) is 17.3 Å². The minimum Gasteiger partial charge on any atom is -0.496 e. The van der Waals surface area contributed by atoms with Crippen molar-refractivity contribution < 1.29 is 23.9 Å². The number of thiocarbonyl (C=S) groups is 1. The summed E-state index contributed by atoms with van der Waals surface area (Å²) in [7, 11) is 1.55. The second-order valence-corrected chi connectivity index (χ2v) is 9.30. The first-order valence-corrected chi connectivity index (χ1v) is 11.8. The molecule has 0 spiro atoms. The van der Waals surface area contributed by atoms with Crippen LogP contribution in [0.2, 0.25) is 10.0 Å². The molecule has 0 unspecified atom stereocenters. The van der Waals surface area contributed by atoms with E-state index in [0.29, 0.717) is 20.0 Å². The number of amides is 3. The van der Waals surface area contributed by atoms with E-state index in [9.17, 15) is 14.4 Å². The highest BCUT2D eigenvalue weighted by Crippen LogP contribution is 2.34. The number of ether oxygens (including phenoxy) is 2. The molecule has 0 bridgehead atoms. The molecule has 3 rings (SSSR count). The van der Waals surface area contributed by atoms with E-state index in [1.807, 2.05) is 18.2 Å². The van der Waals surface area contributed by atoms with Gasteiger partial charge in [0.2, 0.25) is 5.91 Å². The molecule has 0 radical (unpaired) electrons. The zero-order valence-electron chi connectivity index (χ0n) is 17.8. The van der Waals surface area contributed by atoms with Crippen LogP contribution in [0, 0.1) is 0 Å². The van der Waals surface area contributed by atoms with E-state index >= 15 is 0 Å². The molecule has 2 N–H and O–H groups in total. The topological polar surface area (TPSA) is 97.0 Å². The zero-order valence-corrected chi connectivity index (χ0v) is 20.9. The van der Waals surface area contributed by atoms with Crippen molar-refractivity contribution in [3.63, 3.8) is 0 Å². The third kappa shape index (κ3) is 6.86. The van der Waals surface area contributed by atoms with Gasteiger partial charge in [-0.25, -0.2) is 0 Å². The molecule has 1 saturated heterocycles. The van der Waals surface area contributed by atoms with E-state index in [2.05, 4.69) is 10.9 Å². The largest absolute Gasteiger partial charge is 0.496 e. The second-order valence-electron chi connectivity index (χ2n) is 6.79. The van der Waals surface area contributed by atoms with Crippen LogP contribution in [0.15, 0.2) is 47.4 Å². The number of carbonyl (C=O) groups is 3. The molecule has 34 heavy (non-hydrogen) atoms. The minimum atomic E-state index is -0.593. The molecule has 1 aliphatic heterocycles. The minimum absolute atomic E-state index is 0.0620. The number of hydrazine groups is 1. The summed E-state index contributed by atoms with van der Waals surface area (Å²) in [6.45, 7) is -0.309. The van der Waals surface area contributed by atoms with Crippen molar-refractivity contribution in [3.05, 3.63) is 63.0 Å². The van der Waals surface area contributed by atoms with E-state index in [4.69, 9.17) is 44.9 Å². The van der Waals surface area contributed by atoms with Crippen LogP contribution in [0.25, 0.3) is 6.08 Å². The van der Waals surface area contributed by atoms with Crippen LogP contribution in [0.3, 0.4) is 0 Å². The van der Waals surface area contributed by atoms with Gasteiger partial charge in [-0.3, -0.25) is 30.1 Å². The molecular formula is C22H19Cl2N3O5S2. The normalized spacial score (nSPS) is 14.3. The molecule has 1 fully saturated rings. The van der Waals surface area contributed by atoms with Crippen LogP contribution in [0.4, 0.5) is 0 Å². The number of halogens is 2. The Balaban J connectivity index is 1.46. The molecule has 0 atom stereocenters. The van der Waals surface area contributed by atoms with Gasteiger partial charge in [-0.15, -0.1) is 0 Å². The van der Waals surface area contributed by atoms with Crippen molar-refractivity contribution >= 4 is 75.3 Å². The lowest BCUT2D eigenvalue weighted by atomic mass is 10.2. The number of nitrogens with zero attached hydrogens (tertiary/aromatic N) is 1. The van der Waals surface area contributed by atoms with Gasteiger partial charge in [-0.2, -0.15) is 0 Å². The summed E-state index contributed by atoms with van der Waals surface area (Å²) in [4.78, 5) is 38.5. The molecule has 0 aromatic heterocycles. The van der Waals surface area contributed by atoms with Crippen LogP contribution in [-0.2, 0) is 14.4 Å². The molecule has 12 heteroatoms. The van der Waals surface area contributed by atoms with Gasteiger partial charge in [0.15, 0.2) is 6.61 Å². The molecule has 2 aromatic rings. The highest BCUT2D eigenvalue weighted by atomic mass is 35.5. The number of hydrogen-bond acceptors (Lipinski definition) is 7. The first kappa shape index (κ1) is 25.8. The summed E-state index contributed by atoms with van der Waals surface area (Å²) in [5, 5.41) is 0.693. The summed E-state index contributed by atoms with van der Waals surface area (Å²) in [5.41, 5.74) is 5.25. The number of rotatable bonds is 8. The number of methoxy groups -OCH3 is 1. The summed E-state index contributed by atoms with van der Waals surface area (Å²) in [5.74, 6) is -0.482. The lowest BCUT2D eigenvalue weighted by Gasteiger charge is -2.14. The van der Waals surface area contributed by atoms with Crippen LogP contribution >= 0.6 is 47.2 Å². The van der Waals surface area contributed by atoms with Crippen LogP contribution in [0.5, 0.6) is 11.5 Å². The number of carbonyl (C=O) groups excluding carboxylic acids is 3. The van der Waals surface area contributed by atoms with Gasteiger partial charge in [0, 0.05) is 23.6 Å². The van der Waals surface area contributed by atoms with E-state index in [1.165, 1.54) is 17.0 Å². The highest BCUT2D eigenvalue weighted by molar-refractivity contribution is 8.26. The molecule has 1 heterocycles. The van der Waals surface area contributed by atoms with Crippen LogP contribution in [-0.4, -0.2) is 47.2 Å². The predicted octanol–water partition coefficient (Wildman–Crippen LogP) is 3.82. The van der Waals surface area contributed by atoms with Crippen LogP contribution < -0.4 is 20.3 Å². The van der Waals surface area contributed by atoms with Gasteiger partial charge in [-0.1, -0.05) is 65.4 Å². The fourth-order valence-electron chi connectivity index (χ4n) is 2.81. The van der Waals surface area contributed by atoms with Crippen molar-refractivity contribution in [3.8, 4) is 11.5 Å². The molecule has 178 valence electrons. The van der Waals surface area contributed by atoms with E-state index < -0.39 is 11.8 Å². The lowest BCUT2D eigenvalue weighted by Crippen LogP contribution is -2.45. The van der Waals surface area contributed by atoms with Crippen molar-refractivity contribution in [2.45, 2.75) is 6.42 Å². The maximum Gasteiger partial charge on any atom is 0.276 e. The third-order valence-corrected chi connectivity index (χ3v) is 6.36. The summed E-state index contributed by atoms with van der Waals surface area (Å²) < 4.78 is 10.9. The SMILES string of the molecule is COc1ccccc1/C=C1\SC(=S)N(CCC(=O)NNC(=O)COc2ccc(Cl)cc2Cl)C1=O. The Morgan fingerprint density at radius 3 is 2.59 bits per heavy atom. The van der Waals surface area contributed by atoms with Gasteiger partial charge in [0.25, 0.3) is 11.8 Å². The average molecular weight is 540 g/mol. The number of thioether (sulfide) groups is 1. The Hall–Kier alpha value is -2.79. The Morgan fingerprint density at radius 1 is 1.12 bits per heavy atom.